The van der Waals surface area contributed by atoms with Crippen LogP contribution in [0, 0.1) is 0 Å². The monoisotopic (exact) mass is 537 g/mol. The second-order valence-electron chi connectivity index (χ2n) is 10.4. The van der Waals surface area contributed by atoms with E-state index in [0.717, 1.165) is 33.8 Å². The first-order chi connectivity index (χ1) is 20.8. The van der Waals surface area contributed by atoms with E-state index in [2.05, 4.69) is 140 Å². The van der Waals surface area contributed by atoms with Crippen LogP contribution in [0.1, 0.15) is 0 Å². The fraction of sp³-hybridized carbons (Fsp3) is 0. The minimum atomic E-state index is 0.846. The van der Waals surface area contributed by atoms with Crippen molar-refractivity contribution >= 4 is 0 Å². The van der Waals surface area contributed by atoms with Crippen molar-refractivity contribution < 1.29 is 4.42 Å². The average Bonchev–Trinajstić information content (AvgIpc) is 3.09. The van der Waals surface area contributed by atoms with E-state index in [4.69, 9.17) is 4.42 Å². The SMILES string of the molecule is c1ccc(-c2cc(-c3ccccc3)cc(-c3ccc(-c4cc(-c5ccccc5)[o+]c(-c5ccccc5)c4)cc3)c2)cc1. The summed E-state index contributed by atoms with van der Waals surface area (Å²) in [5.74, 6) is 1.69. The highest BCUT2D eigenvalue weighted by Crippen LogP contribution is 2.36. The molecule has 0 aliphatic rings. The minimum Gasteiger partial charge on any atom is -0.207 e. The molecule has 7 aromatic rings. The Balaban J connectivity index is 1.31. The first kappa shape index (κ1) is 25.4. The third-order valence-electron chi connectivity index (χ3n) is 7.61. The van der Waals surface area contributed by atoms with Gasteiger partial charge in [-0.3, -0.25) is 0 Å². The molecule has 0 aliphatic carbocycles. The molecule has 0 saturated carbocycles. The zero-order valence-electron chi connectivity index (χ0n) is 23.2. The topological polar surface area (TPSA) is 11.3 Å². The molecule has 7 rings (SSSR count). The summed E-state index contributed by atoms with van der Waals surface area (Å²) < 4.78 is 6.42. The van der Waals surface area contributed by atoms with Crippen LogP contribution in [0.4, 0.5) is 0 Å². The van der Waals surface area contributed by atoms with Crippen molar-refractivity contribution in [1.29, 1.82) is 0 Å². The second-order valence-corrected chi connectivity index (χ2v) is 10.4. The normalized spacial score (nSPS) is 10.9. The summed E-state index contributed by atoms with van der Waals surface area (Å²) >= 11 is 0. The van der Waals surface area contributed by atoms with Gasteiger partial charge in [-0.25, -0.2) is 4.42 Å². The molecule has 0 unspecified atom stereocenters. The van der Waals surface area contributed by atoms with Gasteiger partial charge in [0.05, 0.1) is 23.3 Å². The summed E-state index contributed by atoms with van der Waals surface area (Å²) in [5.41, 5.74) is 11.6. The van der Waals surface area contributed by atoms with E-state index in [0.29, 0.717) is 0 Å². The van der Waals surface area contributed by atoms with Crippen molar-refractivity contribution in [3.05, 3.63) is 176 Å². The number of hydrogen-bond donors (Lipinski definition) is 0. The molecule has 1 heteroatoms. The third-order valence-corrected chi connectivity index (χ3v) is 7.61. The molecular formula is C41H29O+. The predicted molar refractivity (Wildman–Crippen MR) is 176 cm³/mol. The van der Waals surface area contributed by atoms with Gasteiger partial charge in [-0.15, -0.1) is 0 Å². The average molecular weight is 538 g/mol. The molecule has 198 valence electrons. The van der Waals surface area contributed by atoms with Gasteiger partial charge in [-0.2, -0.15) is 0 Å². The van der Waals surface area contributed by atoms with Crippen LogP contribution in [-0.4, -0.2) is 0 Å². The molecular weight excluding hydrogens is 508 g/mol. The van der Waals surface area contributed by atoms with Crippen molar-refractivity contribution in [2.45, 2.75) is 0 Å². The van der Waals surface area contributed by atoms with E-state index in [1.165, 1.54) is 33.4 Å². The van der Waals surface area contributed by atoms with E-state index in [9.17, 15) is 0 Å². The molecule has 0 N–H and O–H groups in total. The number of benzene rings is 6. The van der Waals surface area contributed by atoms with Crippen LogP contribution in [0.5, 0.6) is 0 Å². The second kappa shape index (κ2) is 11.5. The fourth-order valence-corrected chi connectivity index (χ4v) is 5.40. The Kier molecular flexibility index (Phi) is 6.98. The van der Waals surface area contributed by atoms with E-state index in [1.807, 2.05) is 36.4 Å². The largest absolute Gasteiger partial charge is 0.361 e. The van der Waals surface area contributed by atoms with Crippen LogP contribution >= 0.6 is 0 Å². The zero-order chi connectivity index (χ0) is 28.1. The van der Waals surface area contributed by atoms with E-state index < -0.39 is 0 Å². The van der Waals surface area contributed by atoms with E-state index in [-0.39, 0.29) is 0 Å². The molecule has 0 fully saturated rings. The van der Waals surface area contributed by atoms with Crippen molar-refractivity contribution in [3.8, 4) is 67.2 Å². The van der Waals surface area contributed by atoms with Gasteiger partial charge < -0.3 is 0 Å². The van der Waals surface area contributed by atoms with Crippen LogP contribution in [0.2, 0.25) is 0 Å². The highest BCUT2D eigenvalue weighted by Gasteiger charge is 2.20. The molecule has 1 nitrogen and oxygen atoms in total. The Labute approximate surface area is 247 Å². The van der Waals surface area contributed by atoms with E-state index in [1.54, 1.807) is 0 Å². The molecule has 0 amide bonds. The van der Waals surface area contributed by atoms with Crippen LogP contribution in [0.15, 0.2) is 180 Å². The Morgan fingerprint density at radius 3 is 0.810 bits per heavy atom. The van der Waals surface area contributed by atoms with E-state index >= 15 is 0 Å². The van der Waals surface area contributed by atoms with Gasteiger partial charge in [0.15, 0.2) is 0 Å². The van der Waals surface area contributed by atoms with Gasteiger partial charge in [0.25, 0.3) is 0 Å². The first-order valence-corrected chi connectivity index (χ1v) is 14.3. The molecule has 0 saturated heterocycles. The smallest absolute Gasteiger partial charge is 0.207 e. The highest BCUT2D eigenvalue weighted by atomic mass is 16.3. The molecule has 6 aromatic carbocycles. The number of rotatable bonds is 6. The summed E-state index contributed by atoms with van der Waals surface area (Å²) in [5, 5.41) is 0. The van der Waals surface area contributed by atoms with Crippen LogP contribution in [0.25, 0.3) is 67.2 Å². The van der Waals surface area contributed by atoms with Crippen LogP contribution < -0.4 is 0 Å². The standard InChI is InChI=1S/C41H29O/c1-5-13-30(14-6-1)36-25-37(31-15-7-2-8-16-31)27-38(26-36)32-21-23-33(24-22-32)39-28-40(34-17-9-3-10-18-34)42-41(29-39)35-19-11-4-12-20-35/h1-29H/q+1. The third kappa shape index (κ3) is 5.41. The molecule has 0 radical (unpaired) electrons. The van der Waals surface area contributed by atoms with Crippen LogP contribution in [0.3, 0.4) is 0 Å². The van der Waals surface area contributed by atoms with Gasteiger partial charge in [0.2, 0.25) is 0 Å². The van der Waals surface area contributed by atoms with Gasteiger partial charge in [-0.05, 0) is 81.4 Å². The maximum absolute atomic E-state index is 6.42. The lowest BCUT2D eigenvalue weighted by Gasteiger charge is -2.12. The van der Waals surface area contributed by atoms with Crippen molar-refractivity contribution in [2.24, 2.45) is 0 Å². The first-order valence-electron chi connectivity index (χ1n) is 14.3. The van der Waals surface area contributed by atoms with Crippen molar-refractivity contribution in [2.75, 3.05) is 0 Å². The van der Waals surface area contributed by atoms with Gasteiger partial charge in [0.1, 0.15) is 0 Å². The minimum absolute atomic E-state index is 0.846. The fourth-order valence-electron chi connectivity index (χ4n) is 5.40. The van der Waals surface area contributed by atoms with Gasteiger partial charge in [-0.1, -0.05) is 121 Å². The molecule has 1 aromatic heterocycles. The summed E-state index contributed by atoms with van der Waals surface area (Å²) in [7, 11) is 0. The molecule has 0 spiro atoms. The Morgan fingerprint density at radius 2 is 0.476 bits per heavy atom. The Bertz CT molecular complexity index is 1670. The lowest BCUT2D eigenvalue weighted by molar-refractivity contribution is 0.582. The number of hydrogen-bond acceptors (Lipinski definition) is 0. The quantitative estimate of drug-likeness (QED) is 0.192. The maximum Gasteiger partial charge on any atom is 0.361 e. The van der Waals surface area contributed by atoms with Gasteiger partial charge in [0, 0.05) is 5.56 Å². The summed E-state index contributed by atoms with van der Waals surface area (Å²) in [6, 6.07) is 61.8. The lowest BCUT2D eigenvalue weighted by Crippen LogP contribution is -1.88. The highest BCUT2D eigenvalue weighted by molar-refractivity contribution is 5.82. The predicted octanol–water partition coefficient (Wildman–Crippen LogP) is 11.6. The lowest BCUT2D eigenvalue weighted by atomic mass is 9.92. The Morgan fingerprint density at radius 1 is 0.214 bits per heavy atom. The van der Waals surface area contributed by atoms with Crippen molar-refractivity contribution in [3.63, 3.8) is 0 Å². The maximum atomic E-state index is 6.42. The van der Waals surface area contributed by atoms with Crippen molar-refractivity contribution in [1.82, 2.24) is 0 Å². The molecule has 0 bridgehead atoms. The van der Waals surface area contributed by atoms with Gasteiger partial charge >= 0.3 is 11.5 Å². The Hall–Kier alpha value is -5.53. The zero-order valence-corrected chi connectivity index (χ0v) is 23.2. The molecule has 0 aliphatic heterocycles. The molecule has 0 atom stereocenters. The summed E-state index contributed by atoms with van der Waals surface area (Å²) in [6.07, 6.45) is 0. The summed E-state index contributed by atoms with van der Waals surface area (Å²) in [4.78, 5) is 0. The summed E-state index contributed by atoms with van der Waals surface area (Å²) in [6.45, 7) is 0. The van der Waals surface area contributed by atoms with Crippen LogP contribution in [-0.2, 0) is 0 Å². The molecule has 1 heterocycles. The molecule has 42 heavy (non-hydrogen) atoms.